The average Bonchev–Trinajstić information content (AvgIpc) is 2.96. The first kappa shape index (κ1) is 29.8. The molecule has 7 heteroatoms. The Morgan fingerprint density at radius 2 is 1.36 bits per heavy atom. The van der Waals surface area contributed by atoms with Crippen LogP contribution in [-0.4, -0.2) is 21.2 Å². The number of carbonyl (C=O) groups is 1. The van der Waals surface area contributed by atoms with Gasteiger partial charge in [-0.1, -0.05) is 104 Å². The van der Waals surface area contributed by atoms with E-state index >= 15 is 0 Å². The number of benzene rings is 4. The number of unbranched alkanes of at least 4 members (excludes halogenated alkanes) is 1. The summed E-state index contributed by atoms with van der Waals surface area (Å²) >= 11 is 0. The van der Waals surface area contributed by atoms with Crippen molar-refractivity contribution in [1.82, 2.24) is 5.32 Å². The van der Waals surface area contributed by atoms with Gasteiger partial charge >= 0.3 is 0 Å². The van der Waals surface area contributed by atoms with Crippen molar-refractivity contribution in [3.05, 3.63) is 131 Å². The van der Waals surface area contributed by atoms with Crippen molar-refractivity contribution in [2.24, 2.45) is 5.14 Å². The van der Waals surface area contributed by atoms with Gasteiger partial charge in [0.15, 0.2) is 0 Å². The molecule has 0 aliphatic heterocycles. The second kappa shape index (κ2) is 15.6. The number of aldehydes is 1. The number of carbonyl (C=O) groups excluding carboxylic acids is 1. The molecular weight excluding hydrogens is 506 g/mol. The molecule has 4 rings (SSSR count). The molecule has 0 amide bonds. The first-order valence-corrected chi connectivity index (χ1v) is 14.7. The van der Waals surface area contributed by atoms with Crippen LogP contribution in [0.5, 0.6) is 0 Å². The molecule has 39 heavy (non-hydrogen) atoms. The Morgan fingerprint density at radius 3 is 1.90 bits per heavy atom. The highest BCUT2D eigenvalue weighted by Crippen LogP contribution is 2.29. The smallest absolute Gasteiger partial charge is 0.238 e. The lowest BCUT2D eigenvalue weighted by Gasteiger charge is -2.18. The summed E-state index contributed by atoms with van der Waals surface area (Å²) < 4.78 is 25.1. The van der Waals surface area contributed by atoms with E-state index in [1.165, 1.54) is 0 Å². The molecule has 0 atom stereocenters. The summed E-state index contributed by atoms with van der Waals surface area (Å²) in [6.45, 7) is 4.22. The molecule has 4 aromatic carbocycles. The normalized spacial score (nSPS) is 10.8. The number of nitrogens with one attached hydrogen (secondary N) is 2. The number of primary sulfonamides is 1. The Kier molecular flexibility index (Phi) is 11.9. The summed E-state index contributed by atoms with van der Waals surface area (Å²) in [6, 6.07) is 32.7. The van der Waals surface area contributed by atoms with Gasteiger partial charge in [0, 0.05) is 30.8 Å². The maximum absolute atomic E-state index is 12.5. The molecule has 0 saturated heterocycles. The molecule has 0 radical (unpaired) electrons. The lowest BCUT2D eigenvalue weighted by Crippen LogP contribution is -2.19. The van der Waals surface area contributed by atoms with Crippen molar-refractivity contribution in [1.29, 1.82) is 0 Å². The number of anilines is 1. The van der Waals surface area contributed by atoms with Crippen molar-refractivity contribution in [2.45, 2.75) is 44.2 Å². The van der Waals surface area contributed by atoms with E-state index in [0.717, 1.165) is 53.6 Å². The average molecular weight is 544 g/mol. The highest BCUT2D eigenvalue weighted by molar-refractivity contribution is 7.89. The second-order valence-electron chi connectivity index (χ2n) is 9.23. The van der Waals surface area contributed by atoms with Crippen LogP contribution in [0, 0.1) is 0 Å². The van der Waals surface area contributed by atoms with E-state index in [-0.39, 0.29) is 4.90 Å². The van der Waals surface area contributed by atoms with E-state index in [9.17, 15) is 13.2 Å². The largest absolute Gasteiger partial charge is 0.381 e. The Hall–Kier alpha value is -3.78. The van der Waals surface area contributed by atoms with Crippen molar-refractivity contribution >= 4 is 22.0 Å². The van der Waals surface area contributed by atoms with Gasteiger partial charge < -0.3 is 10.6 Å². The third kappa shape index (κ3) is 10.1. The quantitative estimate of drug-likeness (QED) is 0.152. The first-order chi connectivity index (χ1) is 18.9. The van der Waals surface area contributed by atoms with Crippen LogP contribution in [0.25, 0.3) is 0 Å². The summed E-state index contributed by atoms with van der Waals surface area (Å²) in [5.74, 6) is 0. The Bertz CT molecular complexity index is 1400. The van der Waals surface area contributed by atoms with Crippen LogP contribution in [-0.2, 0) is 29.5 Å². The Morgan fingerprint density at radius 1 is 0.769 bits per heavy atom. The molecule has 0 aliphatic rings. The zero-order valence-electron chi connectivity index (χ0n) is 22.3. The lowest BCUT2D eigenvalue weighted by atomic mass is 10.0. The summed E-state index contributed by atoms with van der Waals surface area (Å²) in [4.78, 5) is 10.2. The molecule has 6 nitrogen and oxygen atoms in total. The SMILES string of the molecule is CCCCNCc1cc(NCc2ccccc2)c(Cc2ccccc2)c(S(N)(=O)=O)c1.O=Cc1ccccc1. The summed E-state index contributed by atoms with van der Waals surface area (Å²) in [5, 5.41) is 12.5. The molecule has 0 fully saturated rings. The van der Waals surface area contributed by atoms with Gasteiger partial charge in [-0.3, -0.25) is 4.79 Å². The number of hydrogen-bond donors (Lipinski definition) is 3. The van der Waals surface area contributed by atoms with Gasteiger partial charge in [0.25, 0.3) is 0 Å². The Balaban J connectivity index is 0.000000449. The van der Waals surface area contributed by atoms with Crippen molar-refractivity contribution in [2.75, 3.05) is 11.9 Å². The fraction of sp³-hybridized carbons (Fsp3) is 0.219. The molecule has 0 spiro atoms. The minimum atomic E-state index is -3.88. The van der Waals surface area contributed by atoms with Crippen LogP contribution in [0.15, 0.2) is 108 Å². The van der Waals surface area contributed by atoms with Gasteiger partial charge in [-0.05, 0) is 47.4 Å². The van der Waals surface area contributed by atoms with Crippen LogP contribution in [0.2, 0.25) is 0 Å². The van der Waals surface area contributed by atoms with E-state index in [2.05, 4.69) is 17.6 Å². The number of nitrogens with two attached hydrogens (primary N) is 1. The molecule has 0 heterocycles. The standard InChI is InChI=1S/C25H31N3O2S.C7H6O/c1-2-3-14-27-18-22-16-24(28-19-21-12-8-5-9-13-21)23(25(17-22)31(26,29)30)15-20-10-6-4-7-11-20;8-6-7-4-2-1-3-5-7/h4-13,16-17,27-28H,2-3,14-15,18-19H2,1H3,(H2,26,29,30);1-6H. The molecule has 4 N–H and O–H groups in total. The van der Waals surface area contributed by atoms with Crippen LogP contribution in [0.1, 0.15) is 52.4 Å². The fourth-order valence-electron chi connectivity index (χ4n) is 4.06. The molecule has 0 aliphatic carbocycles. The van der Waals surface area contributed by atoms with Crippen LogP contribution < -0.4 is 15.8 Å². The number of sulfonamides is 1. The molecule has 0 unspecified atom stereocenters. The molecule has 0 bridgehead atoms. The highest BCUT2D eigenvalue weighted by Gasteiger charge is 2.19. The van der Waals surface area contributed by atoms with E-state index < -0.39 is 10.0 Å². The van der Waals surface area contributed by atoms with Crippen molar-refractivity contribution in [3.63, 3.8) is 0 Å². The predicted octanol–water partition coefficient (Wildman–Crippen LogP) is 5.93. The van der Waals surface area contributed by atoms with Gasteiger partial charge in [0.2, 0.25) is 10.0 Å². The maximum Gasteiger partial charge on any atom is 0.238 e. The van der Waals surface area contributed by atoms with Gasteiger partial charge in [-0.15, -0.1) is 0 Å². The highest BCUT2D eigenvalue weighted by atomic mass is 32.2. The maximum atomic E-state index is 12.5. The van der Waals surface area contributed by atoms with E-state index in [0.29, 0.717) is 25.1 Å². The molecular formula is C32H37N3O3S. The van der Waals surface area contributed by atoms with Crippen LogP contribution >= 0.6 is 0 Å². The summed E-state index contributed by atoms with van der Waals surface area (Å²) in [6.07, 6.45) is 3.50. The number of rotatable bonds is 12. The predicted molar refractivity (Wildman–Crippen MR) is 159 cm³/mol. The summed E-state index contributed by atoms with van der Waals surface area (Å²) in [5.41, 5.74) is 5.27. The van der Waals surface area contributed by atoms with E-state index in [4.69, 9.17) is 5.14 Å². The van der Waals surface area contributed by atoms with Gasteiger partial charge in [-0.2, -0.15) is 0 Å². The van der Waals surface area contributed by atoms with Crippen molar-refractivity contribution in [3.8, 4) is 0 Å². The van der Waals surface area contributed by atoms with Gasteiger partial charge in [-0.25, -0.2) is 13.6 Å². The first-order valence-electron chi connectivity index (χ1n) is 13.1. The molecule has 4 aromatic rings. The zero-order valence-corrected chi connectivity index (χ0v) is 23.2. The summed E-state index contributed by atoms with van der Waals surface area (Å²) in [7, 11) is -3.88. The van der Waals surface area contributed by atoms with E-state index in [1.807, 2.05) is 84.9 Å². The lowest BCUT2D eigenvalue weighted by molar-refractivity contribution is 0.112. The van der Waals surface area contributed by atoms with Crippen LogP contribution in [0.3, 0.4) is 0 Å². The zero-order chi connectivity index (χ0) is 27.9. The third-order valence-electron chi connectivity index (χ3n) is 6.10. The molecule has 0 aromatic heterocycles. The van der Waals surface area contributed by atoms with Crippen molar-refractivity contribution < 1.29 is 13.2 Å². The van der Waals surface area contributed by atoms with Gasteiger partial charge in [0.1, 0.15) is 6.29 Å². The molecule has 204 valence electrons. The van der Waals surface area contributed by atoms with E-state index in [1.54, 1.807) is 18.2 Å². The molecule has 0 saturated carbocycles. The fourth-order valence-corrected chi connectivity index (χ4v) is 4.90. The van der Waals surface area contributed by atoms with Gasteiger partial charge in [0.05, 0.1) is 4.90 Å². The third-order valence-corrected chi connectivity index (χ3v) is 7.07. The monoisotopic (exact) mass is 543 g/mol. The second-order valence-corrected chi connectivity index (χ2v) is 10.8. The number of hydrogen-bond acceptors (Lipinski definition) is 5. The minimum Gasteiger partial charge on any atom is -0.381 e. The Labute approximate surface area is 232 Å². The topological polar surface area (TPSA) is 101 Å². The van der Waals surface area contributed by atoms with Crippen LogP contribution in [0.4, 0.5) is 5.69 Å². The minimum absolute atomic E-state index is 0.182.